The predicted octanol–water partition coefficient (Wildman–Crippen LogP) is 0.114. The monoisotopic (exact) mass is 311 g/mol. The third-order valence-corrected chi connectivity index (χ3v) is 5.82. The summed E-state index contributed by atoms with van der Waals surface area (Å²) >= 11 is 0. The number of aromatic nitrogens is 1. The van der Waals surface area contributed by atoms with E-state index in [0.717, 1.165) is 0 Å². The lowest BCUT2D eigenvalue weighted by Crippen LogP contribution is -2.52. The van der Waals surface area contributed by atoms with Crippen LogP contribution in [0.25, 0.3) is 11.1 Å². The predicted molar refractivity (Wildman–Crippen MR) is 77.7 cm³/mol. The van der Waals surface area contributed by atoms with E-state index in [9.17, 15) is 13.2 Å². The first kappa shape index (κ1) is 14.3. The standard InChI is InChI=1S/C13H17N3O4S/c1-9-8-14-5-6-16(9)21(18,19)10-3-4-11-12(7-10)20-13(17)15(11)2/h3-4,7,9,14H,5-6,8H2,1-2H3. The molecule has 1 fully saturated rings. The lowest BCUT2D eigenvalue weighted by molar-refractivity contribution is 0.284. The largest absolute Gasteiger partial charge is 0.419 e. The summed E-state index contributed by atoms with van der Waals surface area (Å²) in [6.45, 7) is 3.55. The van der Waals surface area contributed by atoms with Gasteiger partial charge in [-0.1, -0.05) is 0 Å². The number of sulfonamides is 1. The molecular weight excluding hydrogens is 294 g/mol. The lowest BCUT2D eigenvalue weighted by Gasteiger charge is -2.32. The Balaban J connectivity index is 2.08. The molecule has 1 unspecified atom stereocenters. The molecule has 0 saturated carbocycles. The highest BCUT2D eigenvalue weighted by Crippen LogP contribution is 2.23. The van der Waals surface area contributed by atoms with E-state index in [-0.39, 0.29) is 16.5 Å². The van der Waals surface area contributed by atoms with Crippen LogP contribution in [0.15, 0.2) is 32.3 Å². The van der Waals surface area contributed by atoms with E-state index in [1.54, 1.807) is 13.1 Å². The van der Waals surface area contributed by atoms with Crippen molar-refractivity contribution in [2.45, 2.75) is 17.9 Å². The van der Waals surface area contributed by atoms with Crippen LogP contribution >= 0.6 is 0 Å². The van der Waals surface area contributed by atoms with Crippen LogP contribution in [0.3, 0.4) is 0 Å². The fraction of sp³-hybridized carbons (Fsp3) is 0.462. The molecule has 0 bridgehead atoms. The zero-order chi connectivity index (χ0) is 15.2. The van der Waals surface area contributed by atoms with Gasteiger partial charge >= 0.3 is 5.76 Å². The summed E-state index contributed by atoms with van der Waals surface area (Å²) in [5.41, 5.74) is 0.860. The van der Waals surface area contributed by atoms with Crippen LogP contribution in [-0.4, -0.2) is 43.0 Å². The van der Waals surface area contributed by atoms with Crippen molar-refractivity contribution < 1.29 is 12.8 Å². The molecule has 7 nitrogen and oxygen atoms in total. The summed E-state index contributed by atoms with van der Waals surface area (Å²) in [4.78, 5) is 11.6. The number of fused-ring (bicyclic) bond motifs is 1. The van der Waals surface area contributed by atoms with Crippen LogP contribution in [0.2, 0.25) is 0 Å². The minimum Gasteiger partial charge on any atom is -0.408 e. The van der Waals surface area contributed by atoms with E-state index >= 15 is 0 Å². The Hall–Kier alpha value is -1.64. The van der Waals surface area contributed by atoms with Gasteiger partial charge in [0.2, 0.25) is 10.0 Å². The Morgan fingerprint density at radius 1 is 1.38 bits per heavy atom. The van der Waals surface area contributed by atoms with E-state index in [4.69, 9.17) is 4.42 Å². The van der Waals surface area contributed by atoms with Gasteiger partial charge < -0.3 is 9.73 Å². The van der Waals surface area contributed by atoms with E-state index in [0.29, 0.717) is 25.2 Å². The van der Waals surface area contributed by atoms with Crippen molar-refractivity contribution in [3.8, 4) is 0 Å². The molecule has 1 N–H and O–H groups in total. The number of hydrogen-bond acceptors (Lipinski definition) is 5. The number of rotatable bonds is 2. The second-order valence-electron chi connectivity index (χ2n) is 5.23. The third-order valence-electron chi connectivity index (χ3n) is 3.81. The van der Waals surface area contributed by atoms with Crippen LogP contribution in [0.4, 0.5) is 0 Å². The third kappa shape index (κ3) is 2.29. The Labute approximate surface area is 122 Å². The second kappa shape index (κ2) is 4.97. The van der Waals surface area contributed by atoms with E-state index in [2.05, 4.69) is 5.32 Å². The molecule has 8 heteroatoms. The van der Waals surface area contributed by atoms with E-state index < -0.39 is 15.8 Å². The Morgan fingerprint density at radius 3 is 2.86 bits per heavy atom. The molecule has 0 aliphatic carbocycles. The summed E-state index contributed by atoms with van der Waals surface area (Å²) in [6.07, 6.45) is 0. The van der Waals surface area contributed by atoms with Crippen LogP contribution in [0.5, 0.6) is 0 Å². The minimum absolute atomic E-state index is 0.109. The molecular formula is C13H17N3O4S. The number of nitrogens with zero attached hydrogens (tertiary/aromatic N) is 2. The first-order chi connectivity index (χ1) is 9.91. The summed E-state index contributed by atoms with van der Waals surface area (Å²) in [5, 5.41) is 3.16. The minimum atomic E-state index is -3.58. The zero-order valence-corrected chi connectivity index (χ0v) is 12.7. The molecule has 3 rings (SSSR count). The number of piperazine rings is 1. The van der Waals surface area contributed by atoms with Gasteiger partial charge in [-0.2, -0.15) is 4.31 Å². The summed E-state index contributed by atoms with van der Waals surface area (Å²) in [6, 6.07) is 4.42. The Kier molecular flexibility index (Phi) is 3.39. The molecule has 0 amide bonds. The van der Waals surface area contributed by atoms with Gasteiger partial charge in [-0.05, 0) is 19.1 Å². The molecule has 2 aromatic rings. The maximum Gasteiger partial charge on any atom is 0.419 e. The van der Waals surface area contributed by atoms with Crippen molar-refractivity contribution in [1.29, 1.82) is 0 Å². The molecule has 1 saturated heterocycles. The van der Waals surface area contributed by atoms with Crippen molar-refractivity contribution in [1.82, 2.24) is 14.2 Å². The summed E-state index contributed by atoms with van der Waals surface area (Å²) in [7, 11) is -2.00. The quantitative estimate of drug-likeness (QED) is 0.851. The van der Waals surface area contributed by atoms with Gasteiger partial charge in [0, 0.05) is 38.8 Å². The van der Waals surface area contributed by atoms with Gasteiger partial charge in [-0.25, -0.2) is 13.2 Å². The second-order valence-corrected chi connectivity index (χ2v) is 7.12. The average molecular weight is 311 g/mol. The van der Waals surface area contributed by atoms with Gasteiger partial charge in [0.1, 0.15) is 0 Å². The molecule has 1 atom stereocenters. The zero-order valence-electron chi connectivity index (χ0n) is 11.9. The van der Waals surface area contributed by atoms with Crippen molar-refractivity contribution in [3.05, 3.63) is 28.7 Å². The molecule has 1 aliphatic heterocycles. The highest BCUT2D eigenvalue weighted by atomic mass is 32.2. The summed E-state index contributed by atoms with van der Waals surface area (Å²) in [5.74, 6) is -0.505. The van der Waals surface area contributed by atoms with Gasteiger partial charge in [-0.15, -0.1) is 0 Å². The van der Waals surface area contributed by atoms with E-state index in [1.807, 2.05) is 6.92 Å². The smallest absolute Gasteiger partial charge is 0.408 e. The number of nitrogens with one attached hydrogen (secondary N) is 1. The lowest BCUT2D eigenvalue weighted by atomic mass is 10.3. The molecule has 0 radical (unpaired) electrons. The molecule has 1 aliphatic rings. The van der Waals surface area contributed by atoms with Crippen molar-refractivity contribution in [3.63, 3.8) is 0 Å². The molecule has 1 aromatic heterocycles. The number of aryl methyl sites for hydroxylation is 1. The normalized spacial score (nSPS) is 21.0. The molecule has 21 heavy (non-hydrogen) atoms. The van der Waals surface area contributed by atoms with Crippen LogP contribution in [-0.2, 0) is 17.1 Å². The van der Waals surface area contributed by atoms with Gasteiger partial charge in [0.05, 0.1) is 10.4 Å². The first-order valence-corrected chi connectivity index (χ1v) is 8.17. The maximum atomic E-state index is 12.7. The van der Waals surface area contributed by atoms with Gasteiger partial charge in [0.25, 0.3) is 0 Å². The fourth-order valence-electron chi connectivity index (χ4n) is 2.59. The maximum absolute atomic E-state index is 12.7. The highest BCUT2D eigenvalue weighted by molar-refractivity contribution is 7.89. The molecule has 0 spiro atoms. The van der Waals surface area contributed by atoms with Crippen LogP contribution in [0, 0.1) is 0 Å². The summed E-state index contributed by atoms with van der Waals surface area (Å²) < 4.78 is 33.3. The number of hydrogen-bond donors (Lipinski definition) is 1. The fourth-order valence-corrected chi connectivity index (χ4v) is 4.24. The van der Waals surface area contributed by atoms with Crippen LogP contribution in [0.1, 0.15) is 6.92 Å². The first-order valence-electron chi connectivity index (χ1n) is 6.73. The topological polar surface area (TPSA) is 84.6 Å². The average Bonchev–Trinajstić information content (AvgIpc) is 2.74. The van der Waals surface area contributed by atoms with Gasteiger partial charge in [0.15, 0.2) is 5.58 Å². The Morgan fingerprint density at radius 2 is 2.14 bits per heavy atom. The van der Waals surface area contributed by atoms with Gasteiger partial charge in [-0.3, -0.25) is 4.57 Å². The van der Waals surface area contributed by atoms with Crippen molar-refractivity contribution in [2.24, 2.45) is 7.05 Å². The number of benzene rings is 1. The molecule has 2 heterocycles. The van der Waals surface area contributed by atoms with Crippen LogP contribution < -0.4 is 11.1 Å². The molecule has 1 aromatic carbocycles. The van der Waals surface area contributed by atoms with E-state index in [1.165, 1.54) is 21.0 Å². The number of oxazole rings is 1. The Bertz CT molecular complexity index is 837. The van der Waals surface area contributed by atoms with Crippen molar-refractivity contribution in [2.75, 3.05) is 19.6 Å². The highest BCUT2D eigenvalue weighted by Gasteiger charge is 2.31. The molecule has 114 valence electrons. The SMILES string of the molecule is CC1CNCCN1S(=O)(=O)c1ccc2c(c1)oc(=O)n2C. The van der Waals surface area contributed by atoms with Crippen molar-refractivity contribution >= 4 is 21.1 Å².